The summed E-state index contributed by atoms with van der Waals surface area (Å²) in [5.41, 5.74) is 7.87. The molecule has 0 bridgehead atoms. The lowest BCUT2D eigenvalue weighted by Gasteiger charge is -2.39. The van der Waals surface area contributed by atoms with Gasteiger partial charge >= 0.3 is 0 Å². The van der Waals surface area contributed by atoms with Gasteiger partial charge < -0.3 is 5.11 Å². The largest absolute Gasteiger partial charge is 0.386 e. The van der Waals surface area contributed by atoms with E-state index in [1.165, 1.54) is 74.5 Å². The van der Waals surface area contributed by atoms with Gasteiger partial charge in [0.05, 0.1) is 5.60 Å². The molecule has 1 aromatic carbocycles. The standard InChI is InChI=1S/C29H38O.C2H6/c1-21-8-5-6-9-23(21)13-14-24-10-7-19-29(4)26(17-18-27(24)29)20-22-11-15-25(16-12-22)28(2,3)30;1-2/h11-16,20,27,30H,1,5-10,17-19H2,2-4H3;1-2H3/b23-13-,24-14+,26-20+;. The highest BCUT2D eigenvalue weighted by atomic mass is 16.3. The highest BCUT2D eigenvalue weighted by Crippen LogP contribution is 2.57. The zero-order valence-corrected chi connectivity index (χ0v) is 21.1. The lowest BCUT2D eigenvalue weighted by Crippen LogP contribution is -2.29. The quantitative estimate of drug-likeness (QED) is 0.505. The fraction of sp³-hybridized carbons (Fsp3) is 0.548. The van der Waals surface area contributed by atoms with E-state index in [2.05, 4.69) is 56.0 Å². The minimum atomic E-state index is -0.780. The summed E-state index contributed by atoms with van der Waals surface area (Å²) in [6, 6.07) is 8.46. The summed E-state index contributed by atoms with van der Waals surface area (Å²) in [7, 11) is 0. The number of benzene rings is 1. The molecule has 0 aromatic heterocycles. The van der Waals surface area contributed by atoms with Gasteiger partial charge in [-0.2, -0.15) is 0 Å². The third kappa shape index (κ3) is 5.37. The predicted molar refractivity (Wildman–Crippen MR) is 139 cm³/mol. The molecule has 2 unspecified atom stereocenters. The maximum absolute atomic E-state index is 10.2. The van der Waals surface area contributed by atoms with Crippen molar-refractivity contribution in [1.29, 1.82) is 0 Å². The van der Waals surface area contributed by atoms with Crippen LogP contribution in [0.2, 0.25) is 0 Å². The number of fused-ring (bicyclic) bond motifs is 1. The lowest BCUT2D eigenvalue weighted by molar-refractivity contribution is 0.0786. The third-order valence-corrected chi connectivity index (χ3v) is 7.90. The van der Waals surface area contributed by atoms with Crippen LogP contribution in [-0.4, -0.2) is 5.11 Å². The number of rotatable bonds is 3. The normalized spacial score (nSPS) is 29.8. The molecule has 32 heavy (non-hydrogen) atoms. The Morgan fingerprint density at radius 3 is 2.31 bits per heavy atom. The summed E-state index contributed by atoms with van der Waals surface area (Å²) in [6.07, 6.45) is 18.6. The van der Waals surface area contributed by atoms with Gasteiger partial charge in [0.2, 0.25) is 0 Å². The maximum Gasteiger partial charge on any atom is 0.0840 e. The van der Waals surface area contributed by atoms with E-state index >= 15 is 0 Å². The monoisotopic (exact) mass is 432 g/mol. The van der Waals surface area contributed by atoms with Gasteiger partial charge in [0.25, 0.3) is 0 Å². The molecule has 0 saturated heterocycles. The molecule has 0 amide bonds. The fourth-order valence-electron chi connectivity index (χ4n) is 5.92. The van der Waals surface area contributed by atoms with Gasteiger partial charge in [0.1, 0.15) is 0 Å². The summed E-state index contributed by atoms with van der Waals surface area (Å²) in [5, 5.41) is 10.2. The van der Waals surface area contributed by atoms with Gasteiger partial charge in [-0.15, -0.1) is 0 Å². The zero-order valence-electron chi connectivity index (χ0n) is 21.1. The van der Waals surface area contributed by atoms with Crippen molar-refractivity contribution in [2.75, 3.05) is 0 Å². The molecular weight excluding hydrogens is 388 g/mol. The van der Waals surface area contributed by atoms with E-state index in [0.717, 1.165) is 5.56 Å². The second-order valence-corrected chi connectivity index (χ2v) is 10.5. The molecule has 0 radical (unpaired) electrons. The van der Waals surface area contributed by atoms with Gasteiger partial charge in [-0.05, 0) is 99.7 Å². The minimum Gasteiger partial charge on any atom is -0.386 e. The number of hydrogen-bond donors (Lipinski definition) is 1. The molecule has 1 nitrogen and oxygen atoms in total. The summed E-state index contributed by atoms with van der Waals surface area (Å²) >= 11 is 0. The van der Waals surface area contributed by atoms with Crippen LogP contribution in [0.15, 0.2) is 65.3 Å². The van der Waals surface area contributed by atoms with Gasteiger partial charge in [-0.3, -0.25) is 0 Å². The molecule has 0 aliphatic heterocycles. The van der Waals surface area contributed by atoms with E-state index in [1.54, 1.807) is 11.1 Å². The van der Waals surface area contributed by atoms with Crippen molar-refractivity contribution in [1.82, 2.24) is 0 Å². The van der Waals surface area contributed by atoms with E-state index < -0.39 is 5.60 Å². The summed E-state index contributed by atoms with van der Waals surface area (Å²) in [6.45, 7) is 14.5. The molecule has 3 aliphatic rings. The van der Waals surface area contributed by atoms with E-state index in [4.69, 9.17) is 0 Å². The fourth-order valence-corrected chi connectivity index (χ4v) is 5.92. The molecule has 4 rings (SSSR count). The number of hydrogen-bond acceptors (Lipinski definition) is 1. The van der Waals surface area contributed by atoms with E-state index in [9.17, 15) is 5.11 Å². The van der Waals surface area contributed by atoms with Gasteiger partial charge in [0.15, 0.2) is 0 Å². The summed E-state index contributed by atoms with van der Waals surface area (Å²) < 4.78 is 0. The Kier molecular flexibility index (Phi) is 8.04. The van der Waals surface area contributed by atoms with Crippen molar-refractivity contribution >= 4 is 6.08 Å². The van der Waals surface area contributed by atoms with Crippen molar-refractivity contribution in [3.63, 3.8) is 0 Å². The Morgan fingerprint density at radius 1 is 0.969 bits per heavy atom. The third-order valence-electron chi connectivity index (χ3n) is 7.90. The maximum atomic E-state index is 10.2. The second kappa shape index (κ2) is 10.4. The molecule has 1 aromatic rings. The average Bonchev–Trinajstić information content (AvgIpc) is 3.11. The molecular formula is C31H44O. The van der Waals surface area contributed by atoms with Crippen LogP contribution in [0.5, 0.6) is 0 Å². The highest BCUT2D eigenvalue weighted by molar-refractivity contribution is 5.57. The molecule has 2 atom stereocenters. The minimum absolute atomic E-state index is 0.293. The molecule has 3 fully saturated rings. The molecule has 1 N–H and O–H groups in total. The van der Waals surface area contributed by atoms with Crippen LogP contribution >= 0.6 is 0 Å². The van der Waals surface area contributed by atoms with Crippen molar-refractivity contribution < 1.29 is 5.11 Å². The molecule has 3 saturated carbocycles. The molecule has 0 heterocycles. The van der Waals surface area contributed by atoms with Gasteiger partial charge in [0, 0.05) is 0 Å². The Bertz CT molecular complexity index is 887. The summed E-state index contributed by atoms with van der Waals surface area (Å²) in [4.78, 5) is 0. The van der Waals surface area contributed by atoms with E-state index in [-0.39, 0.29) is 0 Å². The Balaban J connectivity index is 0.00000141. The molecule has 0 spiro atoms. The van der Waals surface area contributed by atoms with Crippen LogP contribution in [-0.2, 0) is 5.60 Å². The lowest BCUT2D eigenvalue weighted by atomic mass is 9.65. The number of aliphatic hydroxyl groups is 1. The first-order valence-electron chi connectivity index (χ1n) is 12.9. The number of allylic oxidation sites excluding steroid dienone is 6. The van der Waals surface area contributed by atoms with Gasteiger partial charge in [-0.1, -0.05) is 86.6 Å². The zero-order chi connectivity index (χ0) is 23.4. The van der Waals surface area contributed by atoms with Crippen LogP contribution in [0, 0.1) is 11.3 Å². The summed E-state index contributed by atoms with van der Waals surface area (Å²) in [5.74, 6) is 0.682. The van der Waals surface area contributed by atoms with Gasteiger partial charge in [-0.25, -0.2) is 0 Å². The predicted octanol–water partition coefficient (Wildman–Crippen LogP) is 8.91. The SMILES string of the molecule is C=C1CCCC/C1=C/C=C1\CCCC2(C)/C(=C/c3ccc(C(C)(C)O)cc3)CCC12.CC. The van der Waals surface area contributed by atoms with Crippen LogP contribution < -0.4 is 0 Å². The van der Waals surface area contributed by atoms with E-state index in [0.29, 0.717) is 11.3 Å². The Hall–Kier alpha value is -1.86. The molecule has 174 valence electrons. The van der Waals surface area contributed by atoms with Crippen molar-refractivity contribution in [3.05, 3.63) is 76.4 Å². The van der Waals surface area contributed by atoms with Crippen molar-refractivity contribution in [2.45, 2.75) is 98.0 Å². The first-order chi connectivity index (χ1) is 15.3. The Morgan fingerprint density at radius 2 is 1.66 bits per heavy atom. The topological polar surface area (TPSA) is 20.2 Å². The van der Waals surface area contributed by atoms with Crippen LogP contribution in [0.4, 0.5) is 0 Å². The van der Waals surface area contributed by atoms with Crippen LogP contribution in [0.3, 0.4) is 0 Å². The smallest absolute Gasteiger partial charge is 0.0840 e. The Labute approximate surface area is 197 Å². The molecule has 1 heteroatoms. The second-order valence-electron chi connectivity index (χ2n) is 10.5. The first kappa shape index (κ1) is 24.8. The first-order valence-corrected chi connectivity index (χ1v) is 12.9. The molecule has 3 aliphatic carbocycles. The highest BCUT2D eigenvalue weighted by Gasteiger charge is 2.45. The van der Waals surface area contributed by atoms with E-state index in [1.807, 2.05) is 27.7 Å². The van der Waals surface area contributed by atoms with Crippen molar-refractivity contribution in [3.8, 4) is 0 Å². The van der Waals surface area contributed by atoms with Crippen LogP contribution in [0.25, 0.3) is 6.08 Å². The van der Waals surface area contributed by atoms with Crippen LogP contribution in [0.1, 0.15) is 104 Å². The van der Waals surface area contributed by atoms with Crippen molar-refractivity contribution in [2.24, 2.45) is 11.3 Å². The average molecular weight is 433 g/mol.